The van der Waals surface area contributed by atoms with Crippen LogP contribution in [0.3, 0.4) is 0 Å². The second-order valence-electron chi connectivity index (χ2n) is 7.55. The van der Waals surface area contributed by atoms with Crippen LogP contribution in [0, 0.1) is 13.8 Å². The van der Waals surface area contributed by atoms with E-state index >= 15 is 0 Å². The maximum absolute atomic E-state index is 13.5. The Morgan fingerprint density at radius 3 is 2.16 bits per heavy atom. The minimum Gasteiger partial charge on any atom is -0.348 e. The van der Waals surface area contributed by atoms with Crippen LogP contribution in [-0.4, -0.2) is 20.9 Å². The van der Waals surface area contributed by atoms with Crippen LogP contribution in [0.5, 0.6) is 0 Å². The number of amides is 1. The van der Waals surface area contributed by atoms with Crippen molar-refractivity contribution in [2.24, 2.45) is 0 Å². The van der Waals surface area contributed by atoms with Crippen molar-refractivity contribution in [3.05, 3.63) is 95.6 Å². The molecule has 0 spiro atoms. The van der Waals surface area contributed by atoms with Crippen LogP contribution >= 0.6 is 0 Å². The second kappa shape index (κ2) is 9.79. The van der Waals surface area contributed by atoms with Crippen molar-refractivity contribution in [1.29, 1.82) is 0 Å². The number of hydrogen-bond donors (Lipinski definition) is 1. The van der Waals surface area contributed by atoms with Crippen molar-refractivity contribution in [2.45, 2.75) is 38.1 Å². The van der Waals surface area contributed by atoms with E-state index in [1.54, 1.807) is 36.4 Å². The first-order chi connectivity index (χ1) is 14.8. The van der Waals surface area contributed by atoms with Gasteiger partial charge >= 0.3 is 0 Å². The summed E-state index contributed by atoms with van der Waals surface area (Å²) in [4.78, 5) is 13.2. The summed E-state index contributed by atoms with van der Waals surface area (Å²) >= 11 is 0. The van der Waals surface area contributed by atoms with E-state index in [1.807, 2.05) is 63.2 Å². The summed E-state index contributed by atoms with van der Waals surface area (Å²) in [6, 6.07) is 23.3. The molecule has 0 aliphatic rings. The SMILES string of the molecule is CC[C@@H](NC(=O)CN(c1cc(C)ccc1C)S(=O)(=O)c1ccccc1)c1ccccc1. The lowest BCUT2D eigenvalue weighted by Gasteiger charge is -2.27. The minimum absolute atomic E-state index is 0.152. The van der Waals surface area contributed by atoms with E-state index in [2.05, 4.69) is 5.32 Å². The summed E-state index contributed by atoms with van der Waals surface area (Å²) < 4.78 is 28.2. The molecule has 0 aliphatic heterocycles. The number of aryl methyl sites for hydroxylation is 2. The molecule has 0 heterocycles. The van der Waals surface area contributed by atoms with Crippen LogP contribution in [0.15, 0.2) is 83.8 Å². The number of sulfonamides is 1. The number of carbonyl (C=O) groups excluding carboxylic acids is 1. The topological polar surface area (TPSA) is 66.5 Å². The average molecular weight is 437 g/mol. The number of anilines is 1. The van der Waals surface area contributed by atoms with E-state index in [4.69, 9.17) is 0 Å². The molecule has 5 nitrogen and oxygen atoms in total. The summed E-state index contributed by atoms with van der Waals surface area (Å²) in [7, 11) is -3.92. The van der Waals surface area contributed by atoms with Gasteiger partial charge in [0.2, 0.25) is 5.91 Å². The molecule has 0 radical (unpaired) electrons. The first-order valence-electron chi connectivity index (χ1n) is 10.3. The lowest BCUT2D eigenvalue weighted by molar-refractivity contribution is -0.120. The zero-order chi connectivity index (χ0) is 22.4. The van der Waals surface area contributed by atoms with Gasteiger partial charge in [0.1, 0.15) is 6.54 Å². The molecule has 1 atom stereocenters. The van der Waals surface area contributed by atoms with Crippen LogP contribution in [-0.2, 0) is 14.8 Å². The number of carbonyl (C=O) groups is 1. The van der Waals surface area contributed by atoms with Gasteiger partial charge in [-0.2, -0.15) is 0 Å². The summed E-state index contributed by atoms with van der Waals surface area (Å²) in [5.74, 6) is -0.351. The highest BCUT2D eigenvalue weighted by atomic mass is 32.2. The standard InChI is InChI=1S/C25H28N2O3S/c1-4-23(21-11-7-5-8-12-21)26-25(28)18-27(24-17-19(2)15-16-20(24)3)31(29,30)22-13-9-6-10-14-22/h5-17,23H,4,18H2,1-3H3,(H,26,28)/t23-/m1/s1. The van der Waals surface area contributed by atoms with Crippen LogP contribution in [0.1, 0.15) is 36.1 Å². The average Bonchev–Trinajstić information content (AvgIpc) is 2.78. The minimum atomic E-state index is -3.92. The molecule has 1 N–H and O–H groups in total. The quantitative estimate of drug-likeness (QED) is 0.553. The normalized spacial score (nSPS) is 12.2. The van der Waals surface area contributed by atoms with E-state index in [-0.39, 0.29) is 23.4 Å². The lowest BCUT2D eigenvalue weighted by Crippen LogP contribution is -2.42. The molecular formula is C25H28N2O3S. The molecule has 0 aliphatic carbocycles. The fraction of sp³-hybridized carbons (Fsp3) is 0.240. The molecule has 0 bridgehead atoms. The first-order valence-corrected chi connectivity index (χ1v) is 11.8. The number of benzene rings is 3. The van der Waals surface area contributed by atoms with Gasteiger partial charge in [0, 0.05) is 0 Å². The van der Waals surface area contributed by atoms with E-state index < -0.39 is 10.0 Å². The fourth-order valence-corrected chi connectivity index (χ4v) is 4.98. The summed E-state index contributed by atoms with van der Waals surface area (Å²) in [5, 5.41) is 3.00. The molecule has 1 amide bonds. The maximum Gasteiger partial charge on any atom is 0.264 e. The highest BCUT2D eigenvalue weighted by molar-refractivity contribution is 7.92. The van der Waals surface area contributed by atoms with Crippen LogP contribution in [0.25, 0.3) is 0 Å². The molecule has 162 valence electrons. The van der Waals surface area contributed by atoms with Crippen molar-refractivity contribution in [3.8, 4) is 0 Å². The van der Waals surface area contributed by atoms with Crippen molar-refractivity contribution >= 4 is 21.6 Å². The molecule has 0 fully saturated rings. The Kier molecular flexibility index (Phi) is 7.13. The Hall–Kier alpha value is -3.12. The highest BCUT2D eigenvalue weighted by Gasteiger charge is 2.29. The zero-order valence-electron chi connectivity index (χ0n) is 18.1. The van der Waals surface area contributed by atoms with Gasteiger partial charge in [-0.15, -0.1) is 0 Å². The van der Waals surface area contributed by atoms with Crippen molar-refractivity contribution in [3.63, 3.8) is 0 Å². The predicted octanol–water partition coefficient (Wildman–Crippen LogP) is 4.77. The molecule has 3 aromatic carbocycles. The fourth-order valence-electron chi connectivity index (χ4n) is 3.48. The van der Waals surface area contributed by atoms with Gasteiger partial charge in [-0.25, -0.2) is 8.42 Å². The van der Waals surface area contributed by atoms with Crippen molar-refractivity contribution < 1.29 is 13.2 Å². The Labute approximate surface area is 184 Å². The Bertz CT molecular complexity index is 1130. The maximum atomic E-state index is 13.5. The molecule has 31 heavy (non-hydrogen) atoms. The molecule has 0 saturated heterocycles. The van der Waals surface area contributed by atoms with Gasteiger partial charge in [-0.1, -0.05) is 67.6 Å². The van der Waals surface area contributed by atoms with Gasteiger partial charge in [-0.3, -0.25) is 9.10 Å². The Balaban J connectivity index is 1.95. The van der Waals surface area contributed by atoms with E-state index in [1.165, 1.54) is 4.31 Å². The summed E-state index contributed by atoms with van der Waals surface area (Å²) in [6.07, 6.45) is 0.699. The van der Waals surface area contributed by atoms with Gasteiger partial charge in [-0.05, 0) is 55.2 Å². The predicted molar refractivity (Wildman–Crippen MR) is 125 cm³/mol. The third-order valence-electron chi connectivity index (χ3n) is 5.20. The Morgan fingerprint density at radius 1 is 0.935 bits per heavy atom. The molecule has 0 aromatic heterocycles. The highest BCUT2D eigenvalue weighted by Crippen LogP contribution is 2.28. The zero-order valence-corrected chi connectivity index (χ0v) is 18.9. The van der Waals surface area contributed by atoms with Crippen LogP contribution in [0.2, 0.25) is 0 Å². The molecule has 0 unspecified atom stereocenters. The molecule has 3 aromatic rings. The number of nitrogens with one attached hydrogen (secondary N) is 1. The van der Waals surface area contributed by atoms with Crippen LogP contribution < -0.4 is 9.62 Å². The number of rotatable bonds is 8. The third-order valence-corrected chi connectivity index (χ3v) is 6.97. The summed E-state index contributed by atoms with van der Waals surface area (Å²) in [6.45, 7) is 5.43. The molecule has 6 heteroatoms. The molecular weight excluding hydrogens is 408 g/mol. The summed E-state index contributed by atoms with van der Waals surface area (Å²) in [5.41, 5.74) is 3.20. The van der Waals surface area contributed by atoms with Gasteiger partial charge in [0.15, 0.2) is 0 Å². The van der Waals surface area contributed by atoms with Gasteiger partial charge in [0.25, 0.3) is 10.0 Å². The van der Waals surface area contributed by atoms with E-state index in [0.717, 1.165) is 16.7 Å². The smallest absolute Gasteiger partial charge is 0.264 e. The van der Waals surface area contributed by atoms with Crippen molar-refractivity contribution in [1.82, 2.24) is 5.32 Å². The number of nitrogens with zero attached hydrogens (tertiary/aromatic N) is 1. The monoisotopic (exact) mass is 436 g/mol. The van der Waals surface area contributed by atoms with E-state index in [9.17, 15) is 13.2 Å². The van der Waals surface area contributed by atoms with Crippen LogP contribution in [0.4, 0.5) is 5.69 Å². The second-order valence-corrected chi connectivity index (χ2v) is 9.42. The third kappa shape index (κ3) is 5.33. The molecule has 0 saturated carbocycles. The lowest BCUT2D eigenvalue weighted by atomic mass is 10.0. The van der Waals surface area contributed by atoms with E-state index in [0.29, 0.717) is 12.1 Å². The number of hydrogen-bond acceptors (Lipinski definition) is 3. The van der Waals surface area contributed by atoms with Crippen molar-refractivity contribution in [2.75, 3.05) is 10.8 Å². The first kappa shape index (κ1) is 22.6. The molecule has 3 rings (SSSR count). The van der Waals surface area contributed by atoms with Gasteiger partial charge in [0.05, 0.1) is 16.6 Å². The Morgan fingerprint density at radius 2 is 1.55 bits per heavy atom. The largest absolute Gasteiger partial charge is 0.348 e. The van der Waals surface area contributed by atoms with Gasteiger partial charge < -0.3 is 5.32 Å².